The molecule has 3 aromatic carbocycles. The highest BCUT2D eigenvalue weighted by molar-refractivity contribution is 5.96. The van der Waals surface area contributed by atoms with Crippen LogP contribution in [0.4, 0.5) is 4.79 Å². The van der Waals surface area contributed by atoms with Crippen LogP contribution in [0.1, 0.15) is 26.3 Å². The van der Waals surface area contributed by atoms with E-state index in [4.69, 9.17) is 4.74 Å². The number of hydrogen-bond acceptors (Lipinski definition) is 3. The van der Waals surface area contributed by atoms with Crippen LogP contribution in [0.5, 0.6) is 0 Å². The predicted molar refractivity (Wildman–Crippen MR) is 114 cm³/mol. The molecule has 1 amide bonds. The summed E-state index contributed by atoms with van der Waals surface area (Å²) in [7, 11) is 0. The van der Waals surface area contributed by atoms with Crippen LogP contribution in [0.3, 0.4) is 0 Å². The van der Waals surface area contributed by atoms with Crippen molar-refractivity contribution in [3.8, 4) is 11.1 Å². The third kappa shape index (κ3) is 5.35. The molecule has 0 aliphatic heterocycles. The van der Waals surface area contributed by atoms with Crippen molar-refractivity contribution in [3.05, 3.63) is 72.3 Å². The van der Waals surface area contributed by atoms with Crippen LogP contribution < -0.4 is 5.32 Å². The van der Waals surface area contributed by atoms with Gasteiger partial charge in [0.1, 0.15) is 11.6 Å². The zero-order valence-corrected chi connectivity index (χ0v) is 16.8. The zero-order chi connectivity index (χ0) is 21.0. The molecule has 5 nitrogen and oxygen atoms in total. The normalized spacial score (nSPS) is 12.4. The standard InChI is InChI=1S/C24H25NO4/c1-24(2,3)29-23(28)25-21(22(26)27)15-16-11-13-18(14-12-16)20-10-6-8-17-7-4-5-9-19(17)20/h4-14,21H,15H2,1-3H3,(H,25,28)(H,26,27)/t21-/m0/s1. The molecule has 0 saturated heterocycles. The molecule has 3 rings (SSSR count). The minimum atomic E-state index is -1.10. The van der Waals surface area contributed by atoms with E-state index in [1.165, 1.54) is 5.39 Å². The fourth-order valence-corrected chi connectivity index (χ4v) is 3.18. The van der Waals surface area contributed by atoms with Gasteiger partial charge in [0, 0.05) is 6.42 Å². The van der Waals surface area contributed by atoms with Crippen LogP contribution >= 0.6 is 0 Å². The molecular weight excluding hydrogens is 366 g/mol. The van der Waals surface area contributed by atoms with Crippen molar-refractivity contribution in [2.45, 2.75) is 38.8 Å². The number of carbonyl (C=O) groups excluding carboxylic acids is 1. The van der Waals surface area contributed by atoms with E-state index in [1.807, 2.05) is 42.5 Å². The SMILES string of the molecule is CC(C)(C)OC(=O)N[C@@H](Cc1ccc(-c2cccc3ccccc23)cc1)C(=O)O. The molecule has 5 heteroatoms. The third-order valence-corrected chi connectivity index (χ3v) is 4.48. The average Bonchev–Trinajstić information content (AvgIpc) is 2.66. The van der Waals surface area contributed by atoms with Gasteiger partial charge in [-0.2, -0.15) is 0 Å². The molecular formula is C24H25NO4. The number of amides is 1. The van der Waals surface area contributed by atoms with Crippen molar-refractivity contribution in [3.63, 3.8) is 0 Å². The van der Waals surface area contributed by atoms with Crippen LogP contribution in [0, 0.1) is 0 Å². The maximum Gasteiger partial charge on any atom is 0.408 e. The Morgan fingerprint density at radius 2 is 1.62 bits per heavy atom. The van der Waals surface area contributed by atoms with Gasteiger partial charge in [-0.25, -0.2) is 9.59 Å². The summed E-state index contributed by atoms with van der Waals surface area (Å²) < 4.78 is 5.16. The van der Waals surface area contributed by atoms with E-state index in [1.54, 1.807) is 20.8 Å². The lowest BCUT2D eigenvalue weighted by Gasteiger charge is -2.22. The fraction of sp³-hybridized carbons (Fsp3) is 0.250. The number of carboxylic acids is 1. The van der Waals surface area contributed by atoms with Gasteiger partial charge >= 0.3 is 12.1 Å². The highest BCUT2D eigenvalue weighted by atomic mass is 16.6. The molecule has 2 N–H and O–H groups in total. The summed E-state index contributed by atoms with van der Waals surface area (Å²) in [6, 6.07) is 21.0. The maximum absolute atomic E-state index is 11.9. The zero-order valence-electron chi connectivity index (χ0n) is 16.8. The van der Waals surface area contributed by atoms with Gasteiger partial charge in [-0.05, 0) is 48.2 Å². The number of alkyl carbamates (subject to hydrolysis) is 1. The van der Waals surface area contributed by atoms with Gasteiger partial charge in [-0.3, -0.25) is 0 Å². The highest BCUT2D eigenvalue weighted by Gasteiger charge is 2.24. The van der Waals surface area contributed by atoms with E-state index in [-0.39, 0.29) is 6.42 Å². The lowest BCUT2D eigenvalue weighted by molar-refractivity contribution is -0.139. The predicted octanol–water partition coefficient (Wildman–Crippen LogP) is 5.03. The number of carboxylic acid groups (broad SMARTS) is 1. The molecule has 29 heavy (non-hydrogen) atoms. The molecule has 0 fully saturated rings. The summed E-state index contributed by atoms with van der Waals surface area (Å²) in [4.78, 5) is 23.5. The Labute approximate surface area is 170 Å². The van der Waals surface area contributed by atoms with Crippen LogP contribution in [0.15, 0.2) is 66.7 Å². The summed E-state index contributed by atoms with van der Waals surface area (Å²) in [6.45, 7) is 5.19. The number of rotatable bonds is 5. The maximum atomic E-state index is 11.9. The van der Waals surface area contributed by atoms with E-state index in [0.29, 0.717) is 0 Å². The van der Waals surface area contributed by atoms with Crippen molar-refractivity contribution < 1.29 is 19.4 Å². The molecule has 0 aliphatic rings. The molecule has 0 saturated carbocycles. The largest absolute Gasteiger partial charge is 0.480 e. The molecule has 0 unspecified atom stereocenters. The molecule has 0 aromatic heterocycles. The number of benzene rings is 3. The highest BCUT2D eigenvalue weighted by Crippen LogP contribution is 2.28. The first kappa shape index (κ1) is 20.4. The Hall–Kier alpha value is -3.34. The van der Waals surface area contributed by atoms with Gasteiger partial charge in [0.25, 0.3) is 0 Å². The average molecular weight is 391 g/mol. The molecule has 0 aliphatic carbocycles. The van der Waals surface area contributed by atoms with Crippen LogP contribution in [0.2, 0.25) is 0 Å². The van der Waals surface area contributed by atoms with Gasteiger partial charge in [-0.15, -0.1) is 0 Å². The summed E-state index contributed by atoms with van der Waals surface area (Å²) in [5.41, 5.74) is 2.30. The van der Waals surface area contributed by atoms with E-state index < -0.39 is 23.7 Å². The van der Waals surface area contributed by atoms with Gasteiger partial charge in [0.2, 0.25) is 0 Å². The Bertz CT molecular complexity index is 1010. The minimum absolute atomic E-state index is 0.171. The molecule has 3 aromatic rings. The van der Waals surface area contributed by atoms with E-state index in [9.17, 15) is 14.7 Å². The second kappa shape index (κ2) is 8.35. The second-order valence-corrected chi connectivity index (χ2v) is 7.96. The van der Waals surface area contributed by atoms with Crippen LogP contribution in [-0.2, 0) is 16.0 Å². The molecule has 0 bridgehead atoms. The topological polar surface area (TPSA) is 75.6 Å². The fourth-order valence-electron chi connectivity index (χ4n) is 3.18. The number of hydrogen-bond donors (Lipinski definition) is 2. The Balaban J connectivity index is 1.76. The van der Waals surface area contributed by atoms with Crippen LogP contribution in [0.25, 0.3) is 21.9 Å². The van der Waals surface area contributed by atoms with E-state index in [0.717, 1.165) is 22.1 Å². The first-order valence-corrected chi connectivity index (χ1v) is 9.52. The van der Waals surface area contributed by atoms with Gasteiger partial charge in [-0.1, -0.05) is 66.7 Å². The van der Waals surface area contributed by atoms with Crippen molar-refractivity contribution >= 4 is 22.8 Å². The first-order chi connectivity index (χ1) is 13.7. The Morgan fingerprint density at radius 3 is 2.28 bits per heavy atom. The Morgan fingerprint density at radius 1 is 0.966 bits per heavy atom. The Kier molecular flexibility index (Phi) is 5.87. The monoisotopic (exact) mass is 391 g/mol. The van der Waals surface area contributed by atoms with Crippen molar-refractivity contribution in [1.82, 2.24) is 5.32 Å². The summed E-state index contributed by atoms with van der Waals surface area (Å²) >= 11 is 0. The van der Waals surface area contributed by atoms with E-state index >= 15 is 0 Å². The lowest BCUT2D eigenvalue weighted by Crippen LogP contribution is -2.44. The molecule has 1 atom stereocenters. The quantitative estimate of drug-likeness (QED) is 0.640. The number of aliphatic carboxylic acids is 1. The van der Waals surface area contributed by atoms with Gasteiger partial charge in [0.05, 0.1) is 0 Å². The van der Waals surface area contributed by atoms with Crippen molar-refractivity contribution in [2.75, 3.05) is 0 Å². The minimum Gasteiger partial charge on any atom is -0.480 e. The number of carbonyl (C=O) groups is 2. The summed E-state index contributed by atoms with van der Waals surface area (Å²) in [6.07, 6.45) is -0.568. The van der Waals surface area contributed by atoms with Gasteiger partial charge < -0.3 is 15.2 Å². The second-order valence-electron chi connectivity index (χ2n) is 7.96. The molecule has 0 radical (unpaired) electrons. The molecule has 150 valence electrons. The van der Waals surface area contributed by atoms with E-state index in [2.05, 4.69) is 29.6 Å². The molecule has 0 spiro atoms. The van der Waals surface area contributed by atoms with Crippen LogP contribution in [-0.4, -0.2) is 28.8 Å². The lowest BCUT2D eigenvalue weighted by atomic mass is 9.96. The number of fused-ring (bicyclic) bond motifs is 1. The summed E-state index contributed by atoms with van der Waals surface area (Å²) in [5.74, 6) is -1.10. The van der Waals surface area contributed by atoms with Crippen molar-refractivity contribution in [2.24, 2.45) is 0 Å². The number of nitrogens with one attached hydrogen (secondary N) is 1. The smallest absolute Gasteiger partial charge is 0.408 e. The van der Waals surface area contributed by atoms with Crippen molar-refractivity contribution in [1.29, 1.82) is 0 Å². The number of ether oxygens (including phenoxy) is 1. The molecule has 0 heterocycles. The summed E-state index contributed by atoms with van der Waals surface area (Å²) in [5, 5.41) is 14.2. The third-order valence-electron chi connectivity index (χ3n) is 4.48. The first-order valence-electron chi connectivity index (χ1n) is 9.52. The van der Waals surface area contributed by atoms with Gasteiger partial charge in [0.15, 0.2) is 0 Å².